The van der Waals surface area contributed by atoms with Crippen LogP contribution in [0.25, 0.3) is 26.0 Å². The van der Waals surface area contributed by atoms with Gasteiger partial charge in [-0.05, 0) is 50.8 Å². The minimum Gasteiger partial charge on any atom is -0.495 e. The minimum atomic E-state index is -0.537. The van der Waals surface area contributed by atoms with Gasteiger partial charge in [-0.1, -0.05) is 6.07 Å². The summed E-state index contributed by atoms with van der Waals surface area (Å²) in [6.07, 6.45) is 1.21. The molecule has 2 saturated heterocycles. The molecule has 0 bridgehead atoms. The van der Waals surface area contributed by atoms with Crippen molar-refractivity contribution in [3.8, 4) is 16.2 Å². The van der Waals surface area contributed by atoms with E-state index in [0.29, 0.717) is 58.2 Å². The second-order valence-electron chi connectivity index (χ2n) is 12.5. The molecule has 0 atom stereocenters. The van der Waals surface area contributed by atoms with Crippen molar-refractivity contribution in [2.45, 2.75) is 46.4 Å². The van der Waals surface area contributed by atoms with Crippen LogP contribution < -0.4 is 15.8 Å². The van der Waals surface area contributed by atoms with Crippen LogP contribution in [0.5, 0.6) is 5.75 Å². The predicted molar refractivity (Wildman–Crippen MR) is 171 cm³/mol. The number of nitrogens with two attached hydrogens (primary N) is 1. The van der Waals surface area contributed by atoms with Gasteiger partial charge in [0, 0.05) is 68.4 Å². The van der Waals surface area contributed by atoms with Gasteiger partial charge < -0.3 is 25.4 Å². The number of carbonyl (C=O) groups is 2. The maximum atomic E-state index is 12.7. The number of methoxy groups -OCH3 is 1. The van der Waals surface area contributed by atoms with Gasteiger partial charge in [0.05, 0.1) is 24.0 Å². The molecule has 0 radical (unpaired) electrons. The Kier molecular flexibility index (Phi) is 8.12. The number of hydrogen-bond donors (Lipinski definition) is 2. The Morgan fingerprint density at radius 3 is 2.57 bits per heavy atom. The summed E-state index contributed by atoms with van der Waals surface area (Å²) >= 11 is 1.66. The van der Waals surface area contributed by atoms with E-state index in [1.54, 1.807) is 23.3 Å². The Hall–Kier alpha value is -3.94. The average Bonchev–Trinajstić information content (AvgIpc) is 3.51. The van der Waals surface area contributed by atoms with Gasteiger partial charge >= 0.3 is 6.09 Å². The number of piperazine rings is 2. The van der Waals surface area contributed by atoms with E-state index in [0.717, 1.165) is 55.2 Å². The van der Waals surface area contributed by atoms with Crippen molar-refractivity contribution in [2.24, 2.45) is 0 Å². The number of aromatic nitrogens is 3. The number of hydrogen-bond acceptors (Lipinski definition) is 10. The molecule has 2 aliphatic heterocycles. The standard InChI is InChI=1S/C31H40N8O4S/c1-19-12-20-14-24(44-28(20)23(13-19)42-5)26-21(15-37-7-6-33-25(40)17-37)22(39-27(26)29(32)34-18-35-39)16-36-8-10-38(11-9-36)30(41)43-31(2,3)4/h12-14,18H,6-11,15-17H2,1-5H3,(H,33,40)(H2,32,34,35). The molecule has 12 nitrogen and oxygen atoms in total. The van der Waals surface area contributed by atoms with E-state index < -0.39 is 5.60 Å². The Bertz CT molecular complexity index is 1720. The van der Waals surface area contributed by atoms with Crippen molar-refractivity contribution in [2.75, 3.05) is 58.7 Å². The van der Waals surface area contributed by atoms with E-state index in [-0.39, 0.29) is 12.0 Å². The first-order valence-corrected chi connectivity index (χ1v) is 15.7. The van der Waals surface area contributed by atoms with E-state index in [9.17, 15) is 9.59 Å². The van der Waals surface area contributed by atoms with E-state index in [1.807, 2.05) is 31.4 Å². The molecule has 0 aliphatic carbocycles. The number of nitrogens with zero attached hydrogens (tertiary/aromatic N) is 6. The molecule has 234 valence electrons. The number of benzene rings is 1. The quantitative estimate of drug-likeness (QED) is 0.333. The Morgan fingerprint density at radius 2 is 1.86 bits per heavy atom. The van der Waals surface area contributed by atoms with E-state index >= 15 is 0 Å². The maximum absolute atomic E-state index is 12.7. The topological polar surface area (TPSA) is 131 Å². The number of nitrogens with one attached hydrogen (secondary N) is 1. The van der Waals surface area contributed by atoms with Crippen LogP contribution >= 0.6 is 11.3 Å². The number of nitrogen functional groups attached to an aromatic ring is 1. The third-order valence-corrected chi connectivity index (χ3v) is 9.23. The number of thiophene rings is 1. The van der Waals surface area contributed by atoms with Crippen LogP contribution in [0.15, 0.2) is 24.5 Å². The molecular weight excluding hydrogens is 580 g/mol. The lowest BCUT2D eigenvalue weighted by Crippen LogP contribution is -2.50. The fourth-order valence-corrected chi connectivity index (χ4v) is 7.24. The van der Waals surface area contributed by atoms with Crippen molar-refractivity contribution in [3.63, 3.8) is 0 Å². The smallest absolute Gasteiger partial charge is 0.410 e. The average molecular weight is 621 g/mol. The summed E-state index contributed by atoms with van der Waals surface area (Å²) in [5, 5.41) is 8.73. The van der Waals surface area contributed by atoms with Gasteiger partial charge in [0.2, 0.25) is 5.91 Å². The molecule has 0 spiro atoms. The fourth-order valence-electron chi connectivity index (χ4n) is 6.03. The molecule has 13 heteroatoms. The highest BCUT2D eigenvalue weighted by Gasteiger charge is 2.31. The van der Waals surface area contributed by atoms with Crippen LogP contribution in [-0.4, -0.2) is 99.8 Å². The highest BCUT2D eigenvalue weighted by molar-refractivity contribution is 7.22. The molecule has 4 aromatic rings. The molecule has 1 aromatic carbocycles. The molecule has 2 amide bonds. The fraction of sp³-hybridized carbons (Fsp3) is 0.484. The Balaban J connectivity index is 1.42. The van der Waals surface area contributed by atoms with Crippen LogP contribution in [0.4, 0.5) is 10.6 Å². The summed E-state index contributed by atoms with van der Waals surface area (Å²) in [6.45, 7) is 13.0. The molecule has 0 unspecified atom stereocenters. The molecule has 2 aliphatic rings. The summed E-state index contributed by atoms with van der Waals surface area (Å²) in [6, 6.07) is 6.40. The third-order valence-electron chi connectivity index (χ3n) is 8.05. The van der Waals surface area contributed by atoms with Crippen molar-refractivity contribution < 1.29 is 19.1 Å². The normalized spacial score (nSPS) is 16.9. The summed E-state index contributed by atoms with van der Waals surface area (Å²) < 4.78 is 14.3. The lowest BCUT2D eigenvalue weighted by atomic mass is 10.0. The van der Waals surface area contributed by atoms with Gasteiger partial charge in [-0.15, -0.1) is 11.3 Å². The molecule has 2 fully saturated rings. The first-order valence-electron chi connectivity index (χ1n) is 14.9. The minimum absolute atomic E-state index is 0.0164. The molecule has 44 heavy (non-hydrogen) atoms. The number of rotatable bonds is 6. The number of anilines is 1. The van der Waals surface area contributed by atoms with Crippen LogP contribution in [0, 0.1) is 6.92 Å². The van der Waals surface area contributed by atoms with Gasteiger partial charge in [-0.2, -0.15) is 5.10 Å². The van der Waals surface area contributed by atoms with Crippen molar-refractivity contribution >= 4 is 44.8 Å². The van der Waals surface area contributed by atoms with E-state index in [2.05, 4.69) is 39.2 Å². The van der Waals surface area contributed by atoms with Gasteiger partial charge in [-0.3, -0.25) is 14.6 Å². The molecule has 3 N–H and O–H groups in total. The van der Waals surface area contributed by atoms with Gasteiger partial charge in [0.25, 0.3) is 0 Å². The Labute approximate surface area is 260 Å². The lowest BCUT2D eigenvalue weighted by Gasteiger charge is -2.35. The second-order valence-corrected chi connectivity index (χ2v) is 13.6. The van der Waals surface area contributed by atoms with Crippen LogP contribution in [0.2, 0.25) is 0 Å². The predicted octanol–water partition coefficient (Wildman–Crippen LogP) is 3.49. The van der Waals surface area contributed by atoms with E-state index in [4.69, 9.17) is 20.3 Å². The van der Waals surface area contributed by atoms with Gasteiger partial charge in [0.15, 0.2) is 5.82 Å². The number of aryl methyl sites for hydroxylation is 1. The molecule has 0 saturated carbocycles. The van der Waals surface area contributed by atoms with E-state index in [1.165, 1.54) is 6.33 Å². The van der Waals surface area contributed by atoms with Gasteiger partial charge in [0.1, 0.15) is 23.2 Å². The summed E-state index contributed by atoms with van der Waals surface area (Å²) in [5.74, 6) is 1.25. The maximum Gasteiger partial charge on any atom is 0.410 e. The zero-order valence-electron chi connectivity index (χ0n) is 26.0. The van der Waals surface area contributed by atoms with Crippen LogP contribution in [-0.2, 0) is 22.6 Å². The molecule has 3 aromatic heterocycles. The van der Waals surface area contributed by atoms with Crippen molar-refractivity contribution in [1.29, 1.82) is 0 Å². The zero-order valence-corrected chi connectivity index (χ0v) is 26.8. The highest BCUT2D eigenvalue weighted by Crippen LogP contribution is 2.44. The number of carbonyl (C=O) groups excluding carboxylic acids is 2. The molecular formula is C31H40N8O4S. The second kappa shape index (κ2) is 11.9. The number of fused-ring (bicyclic) bond motifs is 2. The lowest BCUT2D eigenvalue weighted by molar-refractivity contribution is -0.124. The van der Waals surface area contributed by atoms with Gasteiger partial charge in [-0.25, -0.2) is 14.3 Å². The molecule has 5 heterocycles. The molecule has 6 rings (SSSR count). The van der Waals surface area contributed by atoms with Crippen molar-refractivity contribution in [1.82, 2.24) is 34.6 Å². The highest BCUT2D eigenvalue weighted by atomic mass is 32.1. The summed E-state index contributed by atoms with van der Waals surface area (Å²) in [7, 11) is 1.70. The van der Waals surface area contributed by atoms with Crippen LogP contribution in [0.1, 0.15) is 37.6 Å². The first kappa shape index (κ1) is 30.1. The van der Waals surface area contributed by atoms with Crippen LogP contribution in [0.3, 0.4) is 0 Å². The summed E-state index contributed by atoms with van der Waals surface area (Å²) in [5.41, 5.74) is 11.0. The number of ether oxygens (including phenoxy) is 2. The zero-order chi connectivity index (χ0) is 31.2. The monoisotopic (exact) mass is 620 g/mol. The number of amides is 2. The SMILES string of the molecule is COc1cc(C)cc2cc(-c3c(CN4CCNC(=O)C4)c(CN4CCN(C(=O)OC(C)(C)C)CC4)n4ncnc(N)c34)sc12. The largest absolute Gasteiger partial charge is 0.495 e. The third kappa shape index (κ3) is 6.04. The van der Waals surface area contributed by atoms with Crippen molar-refractivity contribution in [3.05, 3.63) is 41.3 Å². The first-order chi connectivity index (χ1) is 21.0. The summed E-state index contributed by atoms with van der Waals surface area (Å²) in [4.78, 5) is 36.8. The Morgan fingerprint density at radius 1 is 1.09 bits per heavy atom.